The van der Waals surface area contributed by atoms with Crippen molar-refractivity contribution in [2.75, 3.05) is 12.8 Å². The van der Waals surface area contributed by atoms with E-state index in [1.165, 1.54) is 32.8 Å². The zero-order valence-corrected chi connectivity index (χ0v) is 16.0. The molecule has 2 rings (SSSR count). The second kappa shape index (κ2) is 9.85. The summed E-state index contributed by atoms with van der Waals surface area (Å²) in [7, 11) is 1.38. The first-order valence-electron chi connectivity index (χ1n) is 9.30. The lowest BCUT2D eigenvalue weighted by Gasteiger charge is -2.17. The third kappa shape index (κ3) is 5.51. The molecule has 0 aliphatic heterocycles. The third-order valence-electron chi connectivity index (χ3n) is 4.44. The fraction of sp³-hybridized carbons (Fsp3) is 0.409. The minimum atomic E-state index is -0.340. The van der Waals surface area contributed by atoms with E-state index in [1.807, 2.05) is 30.3 Å². The van der Waals surface area contributed by atoms with Crippen molar-refractivity contribution in [3.63, 3.8) is 0 Å². The summed E-state index contributed by atoms with van der Waals surface area (Å²) >= 11 is 0. The first-order valence-corrected chi connectivity index (χ1v) is 9.30. The van der Waals surface area contributed by atoms with Gasteiger partial charge in [0.25, 0.3) is 0 Å². The molecule has 0 heterocycles. The van der Waals surface area contributed by atoms with E-state index in [2.05, 4.69) is 13.8 Å². The molecule has 0 unspecified atom stereocenters. The van der Waals surface area contributed by atoms with Gasteiger partial charge in [0.2, 0.25) is 0 Å². The number of carbonyl (C=O) groups is 1. The molecule has 0 bridgehead atoms. The Hall–Kier alpha value is -2.49. The van der Waals surface area contributed by atoms with Crippen molar-refractivity contribution >= 4 is 11.7 Å². The Morgan fingerprint density at radius 3 is 2.35 bits per heavy atom. The summed E-state index contributed by atoms with van der Waals surface area (Å²) < 4.78 is 10.7. The van der Waals surface area contributed by atoms with Crippen LogP contribution in [0.5, 0.6) is 5.75 Å². The Morgan fingerprint density at radius 2 is 1.73 bits per heavy atom. The molecular formula is C22H29NO3. The Bertz CT molecular complexity index is 710. The molecule has 4 heteroatoms. The predicted octanol–water partition coefficient (Wildman–Crippen LogP) is 5.46. The van der Waals surface area contributed by atoms with E-state index >= 15 is 0 Å². The van der Waals surface area contributed by atoms with E-state index in [4.69, 9.17) is 15.2 Å². The van der Waals surface area contributed by atoms with Crippen LogP contribution in [-0.4, -0.2) is 19.2 Å². The van der Waals surface area contributed by atoms with Crippen LogP contribution in [0.25, 0.3) is 11.1 Å². The van der Waals surface area contributed by atoms with Gasteiger partial charge in [0.05, 0.1) is 24.5 Å². The van der Waals surface area contributed by atoms with Gasteiger partial charge in [-0.3, -0.25) is 0 Å². The molecule has 0 radical (unpaired) electrons. The fourth-order valence-corrected chi connectivity index (χ4v) is 2.89. The molecule has 0 fully saturated rings. The van der Waals surface area contributed by atoms with Crippen molar-refractivity contribution in [3.05, 3.63) is 48.0 Å². The average Bonchev–Trinajstić information content (AvgIpc) is 2.66. The molecule has 0 aromatic heterocycles. The third-order valence-corrected chi connectivity index (χ3v) is 4.44. The minimum Gasteiger partial charge on any atom is -0.489 e. The molecule has 2 aromatic rings. The summed E-state index contributed by atoms with van der Waals surface area (Å²) in [6, 6.07) is 13.1. The Kier molecular flexibility index (Phi) is 7.52. The molecule has 0 spiro atoms. The van der Waals surface area contributed by atoms with Crippen molar-refractivity contribution in [3.8, 4) is 16.9 Å². The fourth-order valence-electron chi connectivity index (χ4n) is 2.89. The number of anilines is 1. The van der Waals surface area contributed by atoms with E-state index in [9.17, 15) is 4.79 Å². The number of carbonyl (C=O) groups excluding carboxylic acids is 1. The standard InChI is InChI=1S/C22H29NO3/c1-4-5-6-7-8-16(2)26-21-14-13-19(15-20(21)23)17-9-11-18(12-10-17)22(24)25-3/h9-16H,4-8,23H2,1-3H3/t16-/m1/s1. The molecule has 0 aliphatic rings. The van der Waals surface area contributed by atoms with Crippen LogP contribution in [-0.2, 0) is 4.74 Å². The number of unbranched alkanes of at least 4 members (excludes halogenated alkanes) is 3. The van der Waals surface area contributed by atoms with E-state index in [0.717, 1.165) is 23.3 Å². The number of hydrogen-bond acceptors (Lipinski definition) is 4. The molecule has 26 heavy (non-hydrogen) atoms. The van der Waals surface area contributed by atoms with Gasteiger partial charge in [-0.25, -0.2) is 4.79 Å². The monoisotopic (exact) mass is 355 g/mol. The number of nitrogen functional groups attached to an aromatic ring is 1. The highest BCUT2D eigenvalue weighted by Crippen LogP contribution is 2.30. The molecule has 0 saturated heterocycles. The normalized spacial score (nSPS) is 11.8. The van der Waals surface area contributed by atoms with Crippen LogP contribution in [0.3, 0.4) is 0 Å². The van der Waals surface area contributed by atoms with E-state index in [1.54, 1.807) is 12.1 Å². The smallest absolute Gasteiger partial charge is 0.337 e. The van der Waals surface area contributed by atoms with Gasteiger partial charge in [-0.1, -0.05) is 44.4 Å². The summed E-state index contributed by atoms with van der Waals surface area (Å²) in [6.07, 6.45) is 6.14. The van der Waals surface area contributed by atoms with Crippen molar-refractivity contribution < 1.29 is 14.3 Å². The van der Waals surface area contributed by atoms with Gasteiger partial charge in [-0.05, 0) is 55.2 Å². The highest BCUT2D eigenvalue weighted by atomic mass is 16.5. The van der Waals surface area contributed by atoms with Crippen LogP contribution in [0.1, 0.15) is 56.3 Å². The highest BCUT2D eigenvalue weighted by molar-refractivity contribution is 5.90. The van der Waals surface area contributed by atoms with Gasteiger partial charge >= 0.3 is 5.97 Å². The lowest BCUT2D eigenvalue weighted by atomic mass is 10.0. The number of hydrogen-bond donors (Lipinski definition) is 1. The lowest BCUT2D eigenvalue weighted by Crippen LogP contribution is -2.12. The number of nitrogens with two attached hydrogens (primary N) is 1. The van der Waals surface area contributed by atoms with Gasteiger partial charge in [0.1, 0.15) is 5.75 Å². The topological polar surface area (TPSA) is 61.5 Å². The summed E-state index contributed by atoms with van der Waals surface area (Å²) in [5.74, 6) is 0.385. The van der Waals surface area contributed by atoms with Crippen molar-refractivity contribution in [1.29, 1.82) is 0 Å². The molecule has 0 saturated carbocycles. The van der Waals surface area contributed by atoms with Gasteiger partial charge in [-0.2, -0.15) is 0 Å². The minimum absolute atomic E-state index is 0.152. The van der Waals surface area contributed by atoms with Crippen LogP contribution in [0.15, 0.2) is 42.5 Å². The maximum absolute atomic E-state index is 11.5. The Labute approximate surface area is 156 Å². The summed E-state index contributed by atoms with van der Waals surface area (Å²) in [5.41, 5.74) is 9.31. The van der Waals surface area contributed by atoms with Crippen LogP contribution >= 0.6 is 0 Å². The molecule has 0 amide bonds. The van der Waals surface area contributed by atoms with Gasteiger partial charge in [0, 0.05) is 0 Å². The van der Waals surface area contributed by atoms with Crippen LogP contribution in [0, 0.1) is 0 Å². The van der Waals surface area contributed by atoms with Crippen LogP contribution in [0.2, 0.25) is 0 Å². The SMILES string of the molecule is CCCCCC[C@@H](C)Oc1ccc(-c2ccc(C(=O)OC)cc2)cc1N. The van der Waals surface area contributed by atoms with E-state index in [0.29, 0.717) is 11.3 Å². The van der Waals surface area contributed by atoms with Crippen molar-refractivity contribution in [2.24, 2.45) is 0 Å². The first-order chi connectivity index (χ1) is 12.5. The molecule has 140 valence electrons. The number of esters is 1. The predicted molar refractivity (Wildman–Crippen MR) is 106 cm³/mol. The summed E-state index contributed by atoms with van der Waals surface area (Å²) in [6.45, 7) is 4.30. The summed E-state index contributed by atoms with van der Waals surface area (Å²) in [4.78, 5) is 11.5. The van der Waals surface area contributed by atoms with Gasteiger partial charge in [-0.15, -0.1) is 0 Å². The van der Waals surface area contributed by atoms with E-state index in [-0.39, 0.29) is 12.1 Å². The van der Waals surface area contributed by atoms with Gasteiger partial charge in [0.15, 0.2) is 0 Å². The molecule has 4 nitrogen and oxygen atoms in total. The van der Waals surface area contributed by atoms with Crippen molar-refractivity contribution in [2.45, 2.75) is 52.1 Å². The number of ether oxygens (including phenoxy) is 2. The zero-order valence-electron chi connectivity index (χ0n) is 16.0. The highest BCUT2D eigenvalue weighted by Gasteiger charge is 2.10. The maximum Gasteiger partial charge on any atom is 0.337 e. The molecular weight excluding hydrogens is 326 g/mol. The quantitative estimate of drug-likeness (QED) is 0.368. The number of methoxy groups -OCH3 is 1. The maximum atomic E-state index is 11.5. The number of benzene rings is 2. The second-order valence-electron chi connectivity index (χ2n) is 6.60. The number of rotatable bonds is 9. The van der Waals surface area contributed by atoms with Crippen molar-refractivity contribution in [1.82, 2.24) is 0 Å². The lowest BCUT2D eigenvalue weighted by molar-refractivity contribution is 0.0601. The largest absolute Gasteiger partial charge is 0.489 e. The summed E-state index contributed by atoms with van der Waals surface area (Å²) in [5, 5.41) is 0. The molecule has 0 aliphatic carbocycles. The average molecular weight is 355 g/mol. The second-order valence-corrected chi connectivity index (χ2v) is 6.60. The molecule has 1 atom stereocenters. The van der Waals surface area contributed by atoms with Gasteiger partial charge < -0.3 is 15.2 Å². The van der Waals surface area contributed by atoms with Crippen LogP contribution in [0.4, 0.5) is 5.69 Å². The molecule has 2 N–H and O–H groups in total. The zero-order chi connectivity index (χ0) is 18.9. The van der Waals surface area contributed by atoms with E-state index < -0.39 is 0 Å². The Morgan fingerprint density at radius 1 is 1.04 bits per heavy atom. The first kappa shape index (κ1) is 19.8. The van der Waals surface area contributed by atoms with Crippen LogP contribution < -0.4 is 10.5 Å². The molecule has 2 aromatic carbocycles. The Balaban J connectivity index is 2.01.